The Balaban J connectivity index is 1.31. The molecule has 8 nitrogen and oxygen atoms in total. The van der Waals surface area contributed by atoms with E-state index in [-0.39, 0.29) is 29.4 Å². The third-order valence-corrected chi connectivity index (χ3v) is 5.41. The van der Waals surface area contributed by atoms with Gasteiger partial charge < -0.3 is 15.5 Å². The minimum absolute atomic E-state index is 0.0414. The predicted octanol–water partition coefficient (Wildman–Crippen LogP) is 2.44. The van der Waals surface area contributed by atoms with E-state index in [0.717, 1.165) is 25.9 Å². The number of benzene rings is 1. The van der Waals surface area contributed by atoms with Gasteiger partial charge in [-0.3, -0.25) is 14.6 Å². The maximum atomic E-state index is 13.4. The van der Waals surface area contributed by atoms with Crippen LogP contribution in [-0.4, -0.2) is 53.2 Å². The lowest BCUT2D eigenvalue weighted by molar-refractivity contribution is 0.0928. The first kappa shape index (κ1) is 21.4. The van der Waals surface area contributed by atoms with Crippen LogP contribution in [-0.2, 0) is 0 Å². The minimum Gasteiger partial charge on any atom is -0.355 e. The normalized spacial score (nSPS) is 14.1. The lowest BCUT2D eigenvalue weighted by atomic mass is 10.0. The van der Waals surface area contributed by atoms with Gasteiger partial charge >= 0.3 is 0 Å². The molecule has 0 spiro atoms. The molecule has 1 aliphatic heterocycles. The molecule has 3 aromatic rings. The zero-order valence-electron chi connectivity index (χ0n) is 17.6. The van der Waals surface area contributed by atoms with Crippen LogP contribution in [0.4, 0.5) is 10.2 Å². The number of nitrogens with one attached hydrogen (secondary N) is 2. The number of anilines is 1. The molecule has 1 saturated heterocycles. The van der Waals surface area contributed by atoms with Gasteiger partial charge in [0.15, 0.2) is 11.5 Å². The maximum absolute atomic E-state index is 13.4. The summed E-state index contributed by atoms with van der Waals surface area (Å²) in [6.07, 6.45) is 3.03. The Morgan fingerprint density at radius 2 is 1.84 bits per heavy atom. The Kier molecular flexibility index (Phi) is 6.34. The van der Waals surface area contributed by atoms with Crippen LogP contribution in [0.5, 0.6) is 0 Å². The molecule has 2 N–H and O–H groups in total. The van der Waals surface area contributed by atoms with E-state index in [1.807, 2.05) is 0 Å². The van der Waals surface area contributed by atoms with Crippen LogP contribution in [0.3, 0.4) is 0 Å². The van der Waals surface area contributed by atoms with Gasteiger partial charge in [-0.15, -0.1) is 10.2 Å². The Hall–Kier alpha value is -3.88. The van der Waals surface area contributed by atoms with E-state index in [4.69, 9.17) is 0 Å². The molecule has 164 valence electrons. The molecule has 3 heterocycles. The van der Waals surface area contributed by atoms with Crippen molar-refractivity contribution >= 4 is 17.6 Å². The highest BCUT2D eigenvalue weighted by Crippen LogP contribution is 2.20. The highest BCUT2D eigenvalue weighted by atomic mass is 19.1. The van der Waals surface area contributed by atoms with Gasteiger partial charge in [-0.25, -0.2) is 4.39 Å². The van der Waals surface area contributed by atoms with Crippen LogP contribution in [0.25, 0.3) is 11.3 Å². The summed E-state index contributed by atoms with van der Waals surface area (Å²) in [6, 6.07) is 13.1. The molecule has 2 aromatic heterocycles. The summed E-state index contributed by atoms with van der Waals surface area (Å²) in [4.78, 5) is 30.6. The highest BCUT2D eigenvalue weighted by Gasteiger charge is 2.22. The van der Waals surface area contributed by atoms with Crippen molar-refractivity contribution in [1.82, 2.24) is 25.8 Å². The number of nitrogens with zero attached hydrogens (tertiary/aromatic N) is 4. The van der Waals surface area contributed by atoms with Crippen molar-refractivity contribution in [1.29, 1.82) is 0 Å². The molecule has 1 aliphatic rings. The van der Waals surface area contributed by atoms with Crippen LogP contribution in [0.1, 0.15) is 33.7 Å². The quantitative estimate of drug-likeness (QED) is 0.640. The Bertz CT molecular complexity index is 1100. The van der Waals surface area contributed by atoms with E-state index in [1.165, 1.54) is 18.3 Å². The van der Waals surface area contributed by atoms with Crippen molar-refractivity contribution in [2.24, 2.45) is 0 Å². The first-order chi connectivity index (χ1) is 15.5. The molecule has 0 aliphatic carbocycles. The summed E-state index contributed by atoms with van der Waals surface area (Å²) < 4.78 is 13.4. The molecule has 1 fully saturated rings. The highest BCUT2D eigenvalue weighted by molar-refractivity contribution is 5.94. The van der Waals surface area contributed by atoms with E-state index in [1.54, 1.807) is 43.4 Å². The first-order valence-corrected chi connectivity index (χ1v) is 10.4. The van der Waals surface area contributed by atoms with Crippen molar-refractivity contribution in [3.63, 3.8) is 0 Å². The third kappa shape index (κ3) is 4.88. The molecular weight excluding hydrogens is 411 g/mol. The fraction of sp³-hybridized carbons (Fsp3) is 0.261. The predicted molar refractivity (Wildman–Crippen MR) is 118 cm³/mol. The molecule has 2 amide bonds. The van der Waals surface area contributed by atoms with E-state index < -0.39 is 0 Å². The monoisotopic (exact) mass is 434 g/mol. The first-order valence-electron chi connectivity index (χ1n) is 10.4. The number of aromatic nitrogens is 3. The van der Waals surface area contributed by atoms with Gasteiger partial charge in [0, 0.05) is 37.9 Å². The lowest BCUT2D eigenvalue weighted by Gasteiger charge is -2.32. The fourth-order valence-corrected chi connectivity index (χ4v) is 3.61. The second-order valence-corrected chi connectivity index (χ2v) is 7.53. The number of hydrogen-bond donors (Lipinski definition) is 2. The van der Waals surface area contributed by atoms with E-state index in [2.05, 4.69) is 30.7 Å². The Morgan fingerprint density at radius 3 is 2.47 bits per heavy atom. The summed E-state index contributed by atoms with van der Waals surface area (Å²) in [6.45, 7) is 1.44. The number of pyridine rings is 1. The average Bonchev–Trinajstić information content (AvgIpc) is 2.84. The number of hydrogen-bond acceptors (Lipinski definition) is 6. The summed E-state index contributed by atoms with van der Waals surface area (Å²) in [5.74, 6) is -0.0780. The summed E-state index contributed by atoms with van der Waals surface area (Å²) in [5.41, 5.74) is 2.01. The van der Waals surface area contributed by atoms with Gasteiger partial charge in [0.2, 0.25) is 0 Å². The van der Waals surface area contributed by atoms with Gasteiger partial charge in [-0.2, -0.15) is 0 Å². The van der Waals surface area contributed by atoms with Crippen LogP contribution >= 0.6 is 0 Å². The fourth-order valence-electron chi connectivity index (χ4n) is 3.61. The van der Waals surface area contributed by atoms with E-state index in [0.29, 0.717) is 22.6 Å². The minimum atomic E-state index is -0.328. The van der Waals surface area contributed by atoms with Crippen molar-refractivity contribution in [3.8, 4) is 11.3 Å². The number of amides is 2. The molecule has 0 bridgehead atoms. The van der Waals surface area contributed by atoms with Crippen molar-refractivity contribution in [2.75, 3.05) is 25.0 Å². The second-order valence-electron chi connectivity index (χ2n) is 7.53. The molecule has 0 unspecified atom stereocenters. The summed E-state index contributed by atoms with van der Waals surface area (Å²) >= 11 is 0. The summed E-state index contributed by atoms with van der Waals surface area (Å²) in [5, 5.41) is 13.7. The molecule has 0 radical (unpaired) electrons. The van der Waals surface area contributed by atoms with Crippen molar-refractivity contribution < 1.29 is 14.0 Å². The Labute approximate surface area is 184 Å². The van der Waals surface area contributed by atoms with Crippen LogP contribution in [0.2, 0.25) is 0 Å². The molecule has 9 heteroatoms. The number of piperidine rings is 1. The molecule has 0 saturated carbocycles. The van der Waals surface area contributed by atoms with Crippen LogP contribution in [0, 0.1) is 5.82 Å². The smallest absolute Gasteiger partial charge is 0.271 e. The van der Waals surface area contributed by atoms with Crippen molar-refractivity contribution in [2.45, 2.75) is 18.9 Å². The largest absolute Gasteiger partial charge is 0.355 e. The number of carbonyl (C=O) groups excluding carboxylic acids is 2. The van der Waals surface area contributed by atoms with Gasteiger partial charge in [-0.1, -0.05) is 12.1 Å². The topological polar surface area (TPSA) is 100 Å². The SMILES string of the molecule is CNC(=O)c1ccc(N2CCC(NC(=O)c3ccc(-c4cccc(F)c4)nc3)CC2)nn1. The number of carbonyl (C=O) groups is 2. The van der Waals surface area contributed by atoms with Gasteiger partial charge in [0.1, 0.15) is 5.82 Å². The van der Waals surface area contributed by atoms with Gasteiger partial charge in [0.25, 0.3) is 11.8 Å². The maximum Gasteiger partial charge on any atom is 0.271 e. The second kappa shape index (κ2) is 9.51. The molecule has 0 atom stereocenters. The molecule has 1 aromatic carbocycles. The molecule has 4 rings (SSSR count). The number of rotatable bonds is 5. The van der Waals surface area contributed by atoms with E-state index >= 15 is 0 Å². The standard InChI is InChI=1S/C23H23FN6O2/c1-25-23(32)20-7-8-21(29-28-20)30-11-9-18(10-12-30)27-22(31)16-5-6-19(26-14-16)15-3-2-4-17(24)13-15/h2-8,13-14,18H,9-12H2,1H3,(H,25,32)(H,27,31). The molecular formula is C23H23FN6O2. The molecule has 32 heavy (non-hydrogen) atoms. The van der Waals surface area contributed by atoms with Crippen molar-refractivity contribution in [3.05, 3.63) is 71.8 Å². The Morgan fingerprint density at radius 1 is 1.03 bits per heavy atom. The third-order valence-electron chi connectivity index (χ3n) is 5.41. The van der Waals surface area contributed by atoms with Gasteiger partial charge in [0.05, 0.1) is 11.3 Å². The van der Waals surface area contributed by atoms with E-state index in [9.17, 15) is 14.0 Å². The zero-order chi connectivity index (χ0) is 22.5. The lowest BCUT2D eigenvalue weighted by Crippen LogP contribution is -2.45. The average molecular weight is 434 g/mol. The van der Waals surface area contributed by atoms with Crippen LogP contribution < -0.4 is 15.5 Å². The number of halogens is 1. The van der Waals surface area contributed by atoms with Crippen LogP contribution in [0.15, 0.2) is 54.7 Å². The summed E-state index contributed by atoms with van der Waals surface area (Å²) in [7, 11) is 1.55. The van der Waals surface area contributed by atoms with Gasteiger partial charge in [-0.05, 0) is 49.2 Å². The zero-order valence-corrected chi connectivity index (χ0v) is 17.6.